The quantitative estimate of drug-likeness (QED) is 0.650. The van der Waals surface area contributed by atoms with Gasteiger partial charge in [-0.25, -0.2) is 4.79 Å². The Labute approximate surface area is 173 Å². The number of carbonyl (C=O) groups is 1. The summed E-state index contributed by atoms with van der Waals surface area (Å²) in [6.07, 6.45) is 11.5. The number of carbonyl (C=O) groups excluding carboxylic acids is 1. The van der Waals surface area contributed by atoms with E-state index in [0.717, 1.165) is 48.4 Å². The molecule has 7 nitrogen and oxygen atoms in total. The average Bonchev–Trinajstić information content (AvgIpc) is 3.11. The molecule has 2 aromatic rings. The summed E-state index contributed by atoms with van der Waals surface area (Å²) < 4.78 is 13.3. The Morgan fingerprint density at radius 3 is 2.72 bits per heavy atom. The molecule has 0 radical (unpaired) electrons. The van der Waals surface area contributed by atoms with E-state index in [0.29, 0.717) is 12.6 Å². The highest BCUT2D eigenvalue weighted by molar-refractivity contribution is 5.68. The molecular weight excluding hydrogens is 368 g/mol. The van der Waals surface area contributed by atoms with Gasteiger partial charge in [0.05, 0.1) is 29.9 Å². The third kappa shape index (κ3) is 5.71. The number of hydrogen-bond donors (Lipinski definition) is 0. The van der Waals surface area contributed by atoms with Gasteiger partial charge in [0, 0.05) is 26.2 Å². The molecule has 0 saturated heterocycles. The summed E-state index contributed by atoms with van der Waals surface area (Å²) in [5, 5.41) is 4.32. The maximum absolute atomic E-state index is 12.2. The van der Waals surface area contributed by atoms with Crippen molar-refractivity contribution in [1.82, 2.24) is 19.7 Å². The van der Waals surface area contributed by atoms with Crippen LogP contribution in [-0.4, -0.2) is 45.5 Å². The van der Waals surface area contributed by atoms with Gasteiger partial charge in [0.1, 0.15) is 12.4 Å². The van der Waals surface area contributed by atoms with Gasteiger partial charge in [-0.3, -0.25) is 9.67 Å². The summed E-state index contributed by atoms with van der Waals surface area (Å²) >= 11 is 0. The van der Waals surface area contributed by atoms with Crippen LogP contribution in [0.15, 0.2) is 24.5 Å². The molecule has 1 aliphatic carbocycles. The molecule has 1 fully saturated rings. The van der Waals surface area contributed by atoms with Crippen LogP contribution in [0.3, 0.4) is 0 Å². The van der Waals surface area contributed by atoms with E-state index in [2.05, 4.69) is 17.0 Å². The van der Waals surface area contributed by atoms with Crippen molar-refractivity contribution in [1.29, 1.82) is 0 Å². The monoisotopic (exact) mass is 400 g/mol. The first-order valence-corrected chi connectivity index (χ1v) is 10.6. The average molecular weight is 401 g/mol. The fraction of sp³-hybridized carbons (Fsp3) is 0.591. The first-order valence-electron chi connectivity index (χ1n) is 10.6. The molecule has 2 aromatic heterocycles. The minimum atomic E-state index is -0.324. The van der Waals surface area contributed by atoms with Crippen LogP contribution in [0.4, 0.5) is 4.79 Å². The highest BCUT2D eigenvalue weighted by Gasteiger charge is 2.17. The third-order valence-corrected chi connectivity index (χ3v) is 5.42. The smallest absolute Gasteiger partial charge is 0.409 e. The van der Waals surface area contributed by atoms with Gasteiger partial charge in [-0.15, -0.1) is 0 Å². The van der Waals surface area contributed by atoms with Crippen LogP contribution in [0.25, 0.3) is 11.3 Å². The molecule has 0 spiro atoms. The molecule has 2 heterocycles. The predicted molar refractivity (Wildman–Crippen MR) is 112 cm³/mol. The Kier molecular flexibility index (Phi) is 7.49. The van der Waals surface area contributed by atoms with Gasteiger partial charge in [0.2, 0.25) is 0 Å². The second-order valence-electron chi connectivity index (χ2n) is 7.72. The molecule has 1 saturated carbocycles. The van der Waals surface area contributed by atoms with Gasteiger partial charge >= 0.3 is 6.09 Å². The largest absolute Gasteiger partial charge is 0.489 e. The van der Waals surface area contributed by atoms with Gasteiger partial charge in [0.25, 0.3) is 0 Å². The summed E-state index contributed by atoms with van der Waals surface area (Å²) in [5.74, 6) is 0.801. The van der Waals surface area contributed by atoms with E-state index in [9.17, 15) is 4.79 Å². The maximum atomic E-state index is 12.2. The van der Waals surface area contributed by atoms with Crippen molar-refractivity contribution >= 4 is 6.09 Å². The second-order valence-corrected chi connectivity index (χ2v) is 7.72. The second kappa shape index (κ2) is 10.3. The lowest BCUT2D eigenvalue weighted by Crippen LogP contribution is -2.28. The van der Waals surface area contributed by atoms with Crippen LogP contribution in [0.1, 0.15) is 57.6 Å². The zero-order valence-electron chi connectivity index (χ0n) is 17.8. The van der Waals surface area contributed by atoms with Gasteiger partial charge < -0.3 is 14.4 Å². The van der Waals surface area contributed by atoms with Crippen LogP contribution in [-0.2, 0) is 18.4 Å². The molecular formula is C22H32N4O3. The number of pyridine rings is 1. The lowest BCUT2D eigenvalue weighted by Gasteiger charge is -2.22. The number of rotatable bonds is 8. The van der Waals surface area contributed by atoms with Crippen molar-refractivity contribution in [3.63, 3.8) is 0 Å². The van der Waals surface area contributed by atoms with E-state index in [1.54, 1.807) is 29.0 Å². The Balaban J connectivity index is 1.63. The standard InChI is InChI=1S/C22H32N4O3/c1-4-5-13-25(2)22(27)28-16-21-19(15-24-26(21)3)20-12-11-18(14-23-20)29-17-9-7-6-8-10-17/h11-12,14-15,17H,4-10,13,16H2,1-3H3. The Hall–Kier alpha value is -2.57. The molecule has 0 unspecified atom stereocenters. The summed E-state index contributed by atoms with van der Waals surface area (Å²) in [7, 11) is 3.60. The minimum Gasteiger partial charge on any atom is -0.489 e. The van der Waals surface area contributed by atoms with Crippen LogP contribution < -0.4 is 4.74 Å². The lowest BCUT2D eigenvalue weighted by atomic mass is 9.98. The lowest BCUT2D eigenvalue weighted by molar-refractivity contribution is 0.102. The maximum Gasteiger partial charge on any atom is 0.409 e. The molecule has 0 atom stereocenters. The zero-order chi connectivity index (χ0) is 20.6. The molecule has 29 heavy (non-hydrogen) atoms. The number of hydrogen-bond acceptors (Lipinski definition) is 5. The molecule has 158 valence electrons. The van der Waals surface area contributed by atoms with E-state index in [4.69, 9.17) is 9.47 Å². The highest BCUT2D eigenvalue weighted by Crippen LogP contribution is 2.26. The third-order valence-electron chi connectivity index (χ3n) is 5.42. The van der Waals surface area contributed by atoms with Gasteiger partial charge in [-0.05, 0) is 44.2 Å². The van der Waals surface area contributed by atoms with Crippen LogP contribution in [0, 0.1) is 0 Å². The SMILES string of the molecule is CCCCN(C)C(=O)OCc1c(-c2ccc(OC3CCCCC3)cn2)cnn1C. The van der Waals surface area contributed by atoms with E-state index in [-0.39, 0.29) is 12.7 Å². The van der Waals surface area contributed by atoms with Crippen molar-refractivity contribution in [3.05, 3.63) is 30.2 Å². The van der Waals surface area contributed by atoms with Crippen molar-refractivity contribution < 1.29 is 14.3 Å². The van der Waals surface area contributed by atoms with E-state index in [1.165, 1.54) is 19.3 Å². The Bertz CT molecular complexity index is 782. The molecule has 3 rings (SSSR count). The summed E-state index contributed by atoms with van der Waals surface area (Å²) in [6.45, 7) is 2.94. The number of aryl methyl sites for hydroxylation is 1. The van der Waals surface area contributed by atoms with E-state index < -0.39 is 0 Å². The molecule has 1 amide bonds. The summed E-state index contributed by atoms with van der Waals surface area (Å²) in [4.78, 5) is 18.3. The zero-order valence-corrected chi connectivity index (χ0v) is 17.8. The fourth-order valence-electron chi connectivity index (χ4n) is 3.56. The van der Waals surface area contributed by atoms with Crippen LogP contribution in [0.2, 0.25) is 0 Å². The Morgan fingerprint density at radius 1 is 1.24 bits per heavy atom. The molecule has 0 aliphatic heterocycles. The molecule has 0 bridgehead atoms. The predicted octanol–water partition coefficient (Wildman–Crippen LogP) is 4.56. The van der Waals surface area contributed by atoms with Crippen LogP contribution in [0.5, 0.6) is 5.75 Å². The first-order chi connectivity index (χ1) is 14.1. The van der Waals surface area contributed by atoms with Crippen molar-refractivity contribution in [3.8, 4) is 17.0 Å². The fourth-order valence-corrected chi connectivity index (χ4v) is 3.56. The summed E-state index contributed by atoms with van der Waals surface area (Å²) in [5.41, 5.74) is 2.47. The van der Waals surface area contributed by atoms with Gasteiger partial charge in [0.15, 0.2) is 0 Å². The Morgan fingerprint density at radius 2 is 2.03 bits per heavy atom. The number of amides is 1. The molecule has 0 aromatic carbocycles. The van der Waals surface area contributed by atoms with Crippen molar-refractivity contribution in [2.75, 3.05) is 13.6 Å². The number of nitrogens with zero attached hydrogens (tertiary/aromatic N) is 4. The normalized spacial score (nSPS) is 14.6. The highest BCUT2D eigenvalue weighted by atomic mass is 16.6. The van der Waals surface area contributed by atoms with Gasteiger partial charge in [-0.2, -0.15) is 5.10 Å². The van der Waals surface area contributed by atoms with Crippen molar-refractivity contribution in [2.24, 2.45) is 7.05 Å². The van der Waals surface area contributed by atoms with E-state index in [1.807, 2.05) is 19.2 Å². The molecule has 0 N–H and O–H groups in total. The summed E-state index contributed by atoms with van der Waals surface area (Å²) in [6, 6.07) is 3.89. The number of aromatic nitrogens is 3. The van der Waals surface area contributed by atoms with Crippen molar-refractivity contribution in [2.45, 2.75) is 64.6 Å². The molecule has 7 heteroatoms. The number of unbranched alkanes of at least 4 members (excludes halogenated alkanes) is 1. The van der Waals surface area contributed by atoms with Crippen LogP contribution >= 0.6 is 0 Å². The number of ether oxygens (including phenoxy) is 2. The van der Waals surface area contributed by atoms with E-state index >= 15 is 0 Å². The first kappa shape index (κ1) is 21.1. The van der Waals surface area contributed by atoms with Gasteiger partial charge in [-0.1, -0.05) is 19.8 Å². The topological polar surface area (TPSA) is 69.5 Å². The minimum absolute atomic E-state index is 0.156. The molecule has 1 aliphatic rings.